The number of fused-ring (bicyclic) bond motifs is 2. The number of carbonyl (C=O) groups is 4. The van der Waals surface area contributed by atoms with Gasteiger partial charge in [0.05, 0.1) is 12.0 Å². The third kappa shape index (κ3) is 1.34. The number of rotatable bonds is 0. The zero-order chi connectivity index (χ0) is 18.8. The minimum Gasteiger partial charge on any atom is -0.460 e. The van der Waals surface area contributed by atoms with Crippen molar-refractivity contribution in [3.8, 4) is 0 Å². The van der Waals surface area contributed by atoms with Crippen LogP contribution in [0.15, 0.2) is 12.2 Å². The molecule has 4 aliphatic carbocycles. The molecule has 0 amide bonds. The molecule has 0 aromatic carbocycles. The molecule has 7 atom stereocenters. The first-order valence-electron chi connectivity index (χ1n) is 9.30. The van der Waals surface area contributed by atoms with Crippen LogP contribution < -0.4 is 0 Å². The second kappa shape index (κ2) is 4.35. The molecule has 6 rings (SSSR count). The Morgan fingerprint density at radius 1 is 1.19 bits per heavy atom. The van der Waals surface area contributed by atoms with Crippen LogP contribution in [0.5, 0.6) is 0 Å². The van der Waals surface area contributed by atoms with E-state index in [0.717, 1.165) is 0 Å². The third-order valence-electron chi connectivity index (χ3n) is 8.20. The van der Waals surface area contributed by atoms with Gasteiger partial charge in [0.15, 0.2) is 11.6 Å². The highest BCUT2D eigenvalue weighted by Gasteiger charge is 2.84. The SMILES string of the molecule is C=C1C(=O)C23C(O)[C@H]1CC(=O)[C@H]2[C@]12C(=O)CCC(C)(C)[C@H]1C[C@@H]3OC2=O. The summed E-state index contributed by atoms with van der Waals surface area (Å²) in [5.41, 5.74) is -3.26. The summed E-state index contributed by atoms with van der Waals surface area (Å²) in [6.45, 7) is 7.83. The van der Waals surface area contributed by atoms with Crippen molar-refractivity contribution in [2.45, 2.75) is 51.7 Å². The molecular formula is C20H22O6. The van der Waals surface area contributed by atoms with Gasteiger partial charge in [0.1, 0.15) is 22.7 Å². The second-order valence-electron chi connectivity index (χ2n) is 9.41. The molecule has 2 unspecified atom stereocenters. The second-order valence-corrected chi connectivity index (χ2v) is 9.41. The van der Waals surface area contributed by atoms with Crippen LogP contribution in [0, 0.1) is 34.0 Å². The van der Waals surface area contributed by atoms with Crippen molar-refractivity contribution in [2.24, 2.45) is 34.0 Å². The summed E-state index contributed by atoms with van der Waals surface area (Å²) in [6, 6.07) is 0. The summed E-state index contributed by atoms with van der Waals surface area (Å²) in [5.74, 6) is -3.75. The average Bonchev–Trinajstić information content (AvgIpc) is 2.70. The van der Waals surface area contributed by atoms with E-state index >= 15 is 0 Å². The van der Waals surface area contributed by atoms with Crippen molar-refractivity contribution < 1.29 is 29.0 Å². The highest BCUT2D eigenvalue weighted by Crippen LogP contribution is 2.72. The lowest BCUT2D eigenvalue weighted by Crippen LogP contribution is -2.78. The summed E-state index contributed by atoms with van der Waals surface area (Å²) in [6.07, 6.45) is -0.891. The van der Waals surface area contributed by atoms with E-state index in [2.05, 4.69) is 6.58 Å². The minimum atomic E-state index is -1.64. The number of esters is 1. The molecule has 2 aliphatic heterocycles. The Morgan fingerprint density at radius 2 is 1.88 bits per heavy atom. The fourth-order valence-electron chi connectivity index (χ4n) is 7.05. The van der Waals surface area contributed by atoms with Crippen LogP contribution in [0.25, 0.3) is 0 Å². The first-order chi connectivity index (χ1) is 12.1. The van der Waals surface area contributed by atoms with Gasteiger partial charge in [-0.2, -0.15) is 0 Å². The topological polar surface area (TPSA) is 97.7 Å². The van der Waals surface area contributed by atoms with E-state index in [1.807, 2.05) is 13.8 Å². The highest BCUT2D eigenvalue weighted by molar-refractivity contribution is 6.17. The predicted molar refractivity (Wildman–Crippen MR) is 87.6 cm³/mol. The maximum atomic E-state index is 13.2. The van der Waals surface area contributed by atoms with Gasteiger partial charge in [0.2, 0.25) is 0 Å². The van der Waals surface area contributed by atoms with Crippen molar-refractivity contribution in [1.29, 1.82) is 0 Å². The Morgan fingerprint density at radius 3 is 2.58 bits per heavy atom. The fourth-order valence-corrected chi connectivity index (χ4v) is 7.05. The molecule has 2 saturated heterocycles. The van der Waals surface area contributed by atoms with E-state index in [-0.39, 0.29) is 41.3 Å². The van der Waals surface area contributed by atoms with Gasteiger partial charge in [0, 0.05) is 18.8 Å². The van der Waals surface area contributed by atoms with Gasteiger partial charge in [-0.05, 0) is 29.7 Å². The van der Waals surface area contributed by atoms with E-state index < -0.39 is 46.6 Å². The quantitative estimate of drug-likeness (QED) is 0.394. The molecule has 0 aromatic heterocycles. The smallest absolute Gasteiger partial charge is 0.321 e. The van der Waals surface area contributed by atoms with Crippen molar-refractivity contribution >= 4 is 23.3 Å². The number of hydrogen-bond donors (Lipinski definition) is 1. The summed E-state index contributed by atoms with van der Waals surface area (Å²) >= 11 is 0. The molecule has 6 aliphatic rings. The summed E-state index contributed by atoms with van der Waals surface area (Å²) in [4.78, 5) is 52.7. The van der Waals surface area contributed by atoms with Gasteiger partial charge in [-0.3, -0.25) is 19.2 Å². The highest BCUT2D eigenvalue weighted by atomic mass is 16.6. The standard InChI is InChI=1S/C20H22O6/c1-8-9-6-10(21)14-19-11(18(2,3)5-4-12(19)22)7-13(26-17(19)25)20(14,15(8)23)16(9)24/h9,11,13-14,16,24H,1,4-7H2,2-3H3/t9-,11+,13-,14-,16?,19+,20?/m0/s1. The Kier molecular flexibility index (Phi) is 2.74. The van der Waals surface area contributed by atoms with E-state index in [1.165, 1.54) is 0 Å². The summed E-state index contributed by atoms with van der Waals surface area (Å²) in [7, 11) is 0. The molecule has 0 aromatic rings. The van der Waals surface area contributed by atoms with Crippen molar-refractivity contribution in [2.75, 3.05) is 0 Å². The lowest BCUT2D eigenvalue weighted by Gasteiger charge is -2.66. The Bertz CT molecular complexity index is 814. The number of ketones is 3. The Hall–Kier alpha value is -1.82. The van der Waals surface area contributed by atoms with E-state index in [4.69, 9.17) is 4.74 Å². The van der Waals surface area contributed by atoms with E-state index in [1.54, 1.807) is 0 Å². The predicted octanol–water partition coefficient (Wildman–Crippen LogP) is 0.999. The number of aliphatic hydroxyl groups is 1. The minimum absolute atomic E-state index is 0.0413. The van der Waals surface area contributed by atoms with Gasteiger partial charge in [-0.15, -0.1) is 0 Å². The Labute approximate surface area is 151 Å². The molecule has 6 nitrogen and oxygen atoms in total. The molecule has 2 heterocycles. The molecule has 6 fully saturated rings. The van der Waals surface area contributed by atoms with Gasteiger partial charge >= 0.3 is 5.97 Å². The largest absolute Gasteiger partial charge is 0.460 e. The number of hydrogen-bond acceptors (Lipinski definition) is 6. The summed E-state index contributed by atoms with van der Waals surface area (Å²) in [5, 5.41) is 11.0. The van der Waals surface area contributed by atoms with E-state index in [0.29, 0.717) is 12.8 Å². The molecule has 1 N–H and O–H groups in total. The van der Waals surface area contributed by atoms with Crippen molar-refractivity contribution in [3.05, 3.63) is 12.2 Å². The van der Waals surface area contributed by atoms with Crippen LogP contribution in [0.1, 0.15) is 39.5 Å². The van der Waals surface area contributed by atoms with Crippen LogP contribution in [0.4, 0.5) is 0 Å². The zero-order valence-electron chi connectivity index (χ0n) is 14.9. The lowest BCUT2D eigenvalue weighted by molar-refractivity contribution is -0.264. The summed E-state index contributed by atoms with van der Waals surface area (Å²) < 4.78 is 5.60. The van der Waals surface area contributed by atoms with Crippen LogP contribution in [-0.4, -0.2) is 40.6 Å². The lowest BCUT2D eigenvalue weighted by atomic mass is 9.37. The fraction of sp³-hybridized carbons (Fsp3) is 0.700. The number of Topliss-reactive ketones (excluding diaryl/α,β-unsaturated/α-hetero) is 3. The monoisotopic (exact) mass is 358 g/mol. The Balaban J connectivity index is 1.83. The molecule has 6 heteroatoms. The van der Waals surface area contributed by atoms with E-state index in [9.17, 15) is 24.3 Å². The number of carbonyl (C=O) groups excluding carboxylic acids is 4. The van der Waals surface area contributed by atoms with Crippen LogP contribution in [-0.2, 0) is 23.9 Å². The van der Waals surface area contributed by atoms with Gasteiger partial charge in [-0.25, -0.2) is 0 Å². The zero-order valence-corrected chi connectivity index (χ0v) is 14.9. The van der Waals surface area contributed by atoms with Gasteiger partial charge in [-0.1, -0.05) is 20.4 Å². The molecule has 4 saturated carbocycles. The van der Waals surface area contributed by atoms with Crippen molar-refractivity contribution in [1.82, 2.24) is 0 Å². The maximum absolute atomic E-state index is 13.2. The third-order valence-corrected chi connectivity index (χ3v) is 8.20. The number of aliphatic hydroxyl groups excluding tert-OH is 1. The normalized spacial score (nSPS) is 51.2. The van der Waals surface area contributed by atoms with Crippen LogP contribution >= 0.6 is 0 Å². The molecule has 2 spiro atoms. The number of ether oxygens (including phenoxy) is 1. The van der Waals surface area contributed by atoms with Crippen molar-refractivity contribution in [3.63, 3.8) is 0 Å². The van der Waals surface area contributed by atoms with Gasteiger partial charge in [0.25, 0.3) is 0 Å². The first-order valence-corrected chi connectivity index (χ1v) is 9.30. The molecule has 0 radical (unpaired) electrons. The molecule has 26 heavy (non-hydrogen) atoms. The first kappa shape index (κ1) is 16.4. The van der Waals surface area contributed by atoms with Gasteiger partial charge < -0.3 is 9.84 Å². The molecule has 138 valence electrons. The average molecular weight is 358 g/mol. The van der Waals surface area contributed by atoms with Crippen LogP contribution in [0.2, 0.25) is 0 Å². The molecular weight excluding hydrogens is 336 g/mol. The molecule has 4 bridgehead atoms. The van der Waals surface area contributed by atoms with Crippen LogP contribution in [0.3, 0.4) is 0 Å². The maximum Gasteiger partial charge on any atom is 0.321 e.